The lowest BCUT2D eigenvalue weighted by atomic mass is 10.2. The number of carbonyl (C=O) groups excluding carboxylic acids is 1. The molecule has 4 nitrogen and oxygen atoms in total. The van der Waals surface area contributed by atoms with Crippen LogP contribution in [-0.4, -0.2) is 17.4 Å². The third-order valence-corrected chi connectivity index (χ3v) is 4.18. The van der Waals surface area contributed by atoms with Crippen molar-refractivity contribution in [3.8, 4) is 0 Å². The van der Waals surface area contributed by atoms with Gasteiger partial charge in [0.1, 0.15) is 0 Å². The zero-order valence-electron chi connectivity index (χ0n) is 13.1. The summed E-state index contributed by atoms with van der Waals surface area (Å²) < 4.78 is 0. The summed E-state index contributed by atoms with van der Waals surface area (Å²) in [5, 5.41) is 3.28. The molecule has 4 heteroatoms. The molecule has 1 N–H and O–H groups in total. The molecule has 0 saturated carbocycles. The van der Waals surface area contributed by atoms with Crippen LogP contribution in [0.4, 0.5) is 17.1 Å². The minimum atomic E-state index is -0.0100. The van der Waals surface area contributed by atoms with Gasteiger partial charge in [-0.2, -0.15) is 0 Å². The summed E-state index contributed by atoms with van der Waals surface area (Å²) in [6.45, 7) is 0.717. The van der Waals surface area contributed by atoms with Gasteiger partial charge in [-0.15, -0.1) is 0 Å². The number of hydrogen-bond donors (Lipinski definition) is 1. The van der Waals surface area contributed by atoms with Crippen molar-refractivity contribution in [3.05, 3.63) is 84.2 Å². The number of fused-ring (bicyclic) bond motifs is 1. The predicted octanol–water partition coefficient (Wildman–Crippen LogP) is 4.03. The highest BCUT2D eigenvalue weighted by molar-refractivity contribution is 6.07. The lowest BCUT2D eigenvalue weighted by Gasteiger charge is -2.17. The topological polar surface area (TPSA) is 45.2 Å². The number of benzene rings is 2. The quantitative estimate of drug-likeness (QED) is 0.794. The lowest BCUT2D eigenvalue weighted by molar-refractivity contribution is 0.0989. The molecule has 3 aromatic rings. The Labute approximate surface area is 140 Å². The molecule has 1 aromatic heterocycles. The second kappa shape index (κ2) is 6.16. The molecule has 0 atom stereocenters. The molecule has 1 aliphatic heterocycles. The number of carbonyl (C=O) groups is 1. The van der Waals surface area contributed by atoms with E-state index >= 15 is 0 Å². The van der Waals surface area contributed by atoms with Crippen LogP contribution in [0.15, 0.2) is 73.1 Å². The Balaban J connectivity index is 1.59. The molecule has 2 heterocycles. The SMILES string of the molecule is O=C(c1cncc(Nc2ccccc2)c1)N1CCc2ccccc21. The van der Waals surface area contributed by atoms with Gasteiger partial charge in [-0.3, -0.25) is 9.78 Å². The number of para-hydroxylation sites is 2. The van der Waals surface area contributed by atoms with Crippen LogP contribution in [0.5, 0.6) is 0 Å². The average molecular weight is 315 g/mol. The van der Waals surface area contributed by atoms with Gasteiger partial charge in [0.2, 0.25) is 0 Å². The van der Waals surface area contributed by atoms with E-state index in [1.807, 2.05) is 59.5 Å². The second-order valence-electron chi connectivity index (χ2n) is 5.79. The minimum Gasteiger partial charge on any atom is -0.354 e. The summed E-state index contributed by atoms with van der Waals surface area (Å²) in [6, 6.07) is 19.8. The molecule has 0 spiro atoms. The monoisotopic (exact) mass is 315 g/mol. The van der Waals surface area contributed by atoms with E-state index in [4.69, 9.17) is 0 Å². The third kappa shape index (κ3) is 2.74. The molecule has 0 aliphatic carbocycles. The van der Waals surface area contributed by atoms with Gasteiger partial charge in [-0.1, -0.05) is 36.4 Å². The number of amides is 1. The smallest absolute Gasteiger partial charge is 0.259 e. The fourth-order valence-electron chi connectivity index (χ4n) is 3.02. The Morgan fingerprint density at radius 2 is 1.75 bits per heavy atom. The van der Waals surface area contributed by atoms with E-state index in [0.717, 1.165) is 23.5 Å². The number of rotatable bonds is 3. The van der Waals surface area contributed by atoms with Crippen LogP contribution in [0.2, 0.25) is 0 Å². The molecule has 24 heavy (non-hydrogen) atoms. The van der Waals surface area contributed by atoms with E-state index < -0.39 is 0 Å². The standard InChI is InChI=1S/C20H17N3O/c24-20(23-11-10-15-6-4-5-9-19(15)23)16-12-18(14-21-13-16)22-17-7-2-1-3-8-17/h1-9,12-14,22H,10-11H2. The molecule has 4 rings (SSSR count). The average Bonchev–Trinajstić information content (AvgIpc) is 3.06. The van der Waals surface area contributed by atoms with Crippen LogP contribution in [0.25, 0.3) is 0 Å². The van der Waals surface area contributed by atoms with Crippen molar-refractivity contribution < 1.29 is 4.79 Å². The fourth-order valence-corrected chi connectivity index (χ4v) is 3.02. The van der Waals surface area contributed by atoms with Crippen molar-refractivity contribution in [2.45, 2.75) is 6.42 Å². The van der Waals surface area contributed by atoms with E-state index in [1.165, 1.54) is 5.56 Å². The Morgan fingerprint density at radius 3 is 2.62 bits per heavy atom. The van der Waals surface area contributed by atoms with Crippen molar-refractivity contribution in [1.29, 1.82) is 0 Å². The number of nitrogens with zero attached hydrogens (tertiary/aromatic N) is 2. The molecule has 1 aliphatic rings. The molecule has 0 saturated heterocycles. The Kier molecular flexibility index (Phi) is 3.71. The van der Waals surface area contributed by atoms with Crippen LogP contribution in [0.3, 0.4) is 0 Å². The highest BCUT2D eigenvalue weighted by atomic mass is 16.2. The zero-order chi connectivity index (χ0) is 16.4. The van der Waals surface area contributed by atoms with Gasteiger partial charge in [0, 0.05) is 24.1 Å². The minimum absolute atomic E-state index is 0.0100. The number of anilines is 3. The van der Waals surface area contributed by atoms with Crippen molar-refractivity contribution in [3.63, 3.8) is 0 Å². The van der Waals surface area contributed by atoms with Gasteiger partial charge in [-0.05, 0) is 36.2 Å². The number of pyridine rings is 1. The normalized spacial score (nSPS) is 12.8. The molecule has 1 amide bonds. The summed E-state index contributed by atoms with van der Waals surface area (Å²) in [5.41, 5.74) is 4.59. The third-order valence-electron chi connectivity index (χ3n) is 4.18. The number of aromatic nitrogens is 1. The lowest BCUT2D eigenvalue weighted by Crippen LogP contribution is -2.29. The van der Waals surface area contributed by atoms with Crippen LogP contribution >= 0.6 is 0 Å². The first kappa shape index (κ1) is 14.5. The van der Waals surface area contributed by atoms with Crippen molar-refractivity contribution >= 4 is 23.0 Å². The highest BCUT2D eigenvalue weighted by Gasteiger charge is 2.25. The molecular weight excluding hydrogens is 298 g/mol. The van der Waals surface area contributed by atoms with E-state index in [9.17, 15) is 4.79 Å². The summed E-state index contributed by atoms with van der Waals surface area (Å²) in [5.74, 6) is -0.0100. The highest BCUT2D eigenvalue weighted by Crippen LogP contribution is 2.29. The van der Waals surface area contributed by atoms with Crippen molar-refractivity contribution in [2.24, 2.45) is 0 Å². The van der Waals surface area contributed by atoms with Crippen LogP contribution in [-0.2, 0) is 6.42 Å². The summed E-state index contributed by atoms with van der Waals surface area (Å²) >= 11 is 0. The summed E-state index contributed by atoms with van der Waals surface area (Å²) in [4.78, 5) is 18.9. The Bertz CT molecular complexity index is 877. The molecule has 118 valence electrons. The fraction of sp³-hybridized carbons (Fsp3) is 0.100. The maximum Gasteiger partial charge on any atom is 0.259 e. The molecule has 0 fully saturated rings. The zero-order valence-corrected chi connectivity index (χ0v) is 13.1. The predicted molar refractivity (Wildman–Crippen MR) is 95.8 cm³/mol. The molecule has 0 unspecified atom stereocenters. The molecule has 2 aromatic carbocycles. The van der Waals surface area contributed by atoms with Gasteiger partial charge >= 0.3 is 0 Å². The van der Waals surface area contributed by atoms with Gasteiger partial charge in [-0.25, -0.2) is 0 Å². The summed E-state index contributed by atoms with van der Waals surface area (Å²) in [6.07, 6.45) is 4.25. The Morgan fingerprint density at radius 1 is 0.958 bits per heavy atom. The van der Waals surface area contributed by atoms with Gasteiger partial charge in [0.05, 0.1) is 17.4 Å². The number of nitrogens with one attached hydrogen (secondary N) is 1. The maximum atomic E-state index is 12.9. The van der Waals surface area contributed by atoms with Gasteiger partial charge < -0.3 is 10.2 Å². The first-order valence-corrected chi connectivity index (χ1v) is 7.98. The van der Waals surface area contributed by atoms with Crippen molar-refractivity contribution in [2.75, 3.05) is 16.8 Å². The number of hydrogen-bond acceptors (Lipinski definition) is 3. The van der Waals surface area contributed by atoms with Crippen LogP contribution in [0.1, 0.15) is 15.9 Å². The van der Waals surface area contributed by atoms with Gasteiger partial charge in [0.25, 0.3) is 5.91 Å². The first-order valence-electron chi connectivity index (χ1n) is 7.98. The van der Waals surface area contributed by atoms with E-state index in [0.29, 0.717) is 12.1 Å². The van der Waals surface area contributed by atoms with Crippen LogP contribution < -0.4 is 10.2 Å². The van der Waals surface area contributed by atoms with E-state index in [-0.39, 0.29) is 5.91 Å². The summed E-state index contributed by atoms with van der Waals surface area (Å²) in [7, 11) is 0. The molecular formula is C20H17N3O. The first-order chi connectivity index (χ1) is 11.8. The maximum absolute atomic E-state index is 12.9. The van der Waals surface area contributed by atoms with Crippen LogP contribution in [0, 0.1) is 0 Å². The molecule has 0 bridgehead atoms. The van der Waals surface area contributed by atoms with E-state index in [1.54, 1.807) is 12.4 Å². The largest absolute Gasteiger partial charge is 0.354 e. The second-order valence-corrected chi connectivity index (χ2v) is 5.79. The van der Waals surface area contributed by atoms with Crippen molar-refractivity contribution in [1.82, 2.24) is 4.98 Å². The van der Waals surface area contributed by atoms with E-state index in [2.05, 4.69) is 16.4 Å². The van der Waals surface area contributed by atoms with Gasteiger partial charge in [0.15, 0.2) is 0 Å². The molecule has 0 radical (unpaired) electrons. The Hall–Kier alpha value is -3.14.